The molecule has 5 nitrogen and oxygen atoms in total. The summed E-state index contributed by atoms with van der Waals surface area (Å²) < 4.78 is 0. The minimum absolute atomic E-state index is 0.00576. The normalized spacial score (nSPS) is 25.0. The van der Waals surface area contributed by atoms with Crippen molar-refractivity contribution in [1.82, 2.24) is 4.90 Å². The molecule has 24 heavy (non-hydrogen) atoms. The number of piperidine rings is 1. The molecular weight excluding hydrogens is 302 g/mol. The molecule has 0 aliphatic carbocycles. The predicted molar refractivity (Wildman–Crippen MR) is 97.5 cm³/mol. The Kier molecular flexibility index (Phi) is 5.41. The molecule has 3 rings (SSSR count). The van der Waals surface area contributed by atoms with Crippen LogP contribution in [0.1, 0.15) is 31.7 Å². The molecule has 2 saturated heterocycles. The Hall–Kier alpha value is -1.59. The number of hydrogen-bond acceptors (Lipinski definition) is 4. The summed E-state index contributed by atoms with van der Waals surface area (Å²) in [6.45, 7) is 8.16. The molecule has 1 aromatic rings. The first-order valence-corrected chi connectivity index (χ1v) is 9.09. The number of nitrogens with zero attached hydrogens (tertiary/aromatic N) is 2. The fraction of sp³-hybridized carbons (Fsp3) is 0.632. The van der Waals surface area contributed by atoms with Crippen LogP contribution in [0.3, 0.4) is 0 Å². The molecule has 0 saturated carbocycles. The Labute approximate surface area is 144 Å². The van der Waals surface area contributed by atoms with Gasteiger partial charge in [-0.3, -0.25) is 9.69 Å². The number of carbonyl (C=O) groups is 1. The van der Waals surface area contributed by atoms with E-state index in [2.05, 4.69) is 29.3 Å². The molecule has 2 aliphatic rings. The van der Waals surface area contributed by atoms with Crippen molar-refractivity contribution in [2.45, 2.75) is 39.2 Å². The van der Waals surface area contributed by atoms with E-state index in [9.17, 15) is 9.90 Å². The van der Waals surface area contributed by atoms with Gasteiger partial charge < -0.3 is 15.3 Å². The lowest BCUT2D eigenvalue weighted by atomic mass is 9.96. The zero-order chi connectivity index (χ0) is 17.1. The summed E-state index contributed by atoms with van der Waals surface area (Å²) in [5, 5.41) is 13.0. The summed E-state index contributed by atoms with van der Waals surface area (Å²) in [5.74, 6) is 0.318. The first-order valence-electron chi connectivity index (χ1n) is 9.09. The van der Waals surface area contributed by atoms with Crippen molar-refractivity contribution in [3.63, 3.8) is 0 Å². The Balaban J connectivity index is 1.56. The molecule has 2 aliphatic heterocycles. The molecule has 0 spiro atoms. The van der Waals surface area contributed by atoms with Crippen molar-refractivity contribution in [1.29, 1.82) is 0 Å². The third-order valence-corrected chi connectivity index (χ3v) is 5.33. The number of aliphatic hydroxyl groups excluding tert-OH is 1. The number of benzene rings is 1. The van der Waals surface area contributed by atoms with Crippen LogP contribution in [0.2, 0.25) is 0 Å². The lowest BCUT2D eigenvalue weighted by Crippen LogP contribution is -2.45. The van der Waals surface area contributed by atoms with Crippen LogP contribution >= 0.6 is 0 Å². The van der Waals surface area contributed by atoms with Crippen molar-refractivity contribution in [3.8, 4) is 0 Å². The second-order valence-corrected chi connectivity index (χ2v) is 7.31. The summed E-state index contributed by atoms with van der Waals surface area (Å²) >= 11 is 0. The van der Waals surface area contributed by atoms with E-state index >= 15 is 0 Å². The number of aliphatic hydroxyl groups is 1. The molecular formula is C19H29N3O2. The van der Waals surface area contributed by atoms with E-state index < -0.39 is 0 Å². The zero-order valence-electron chi connectivity index (χ0n) is 14.8. The number of β-amino-alcohol motifs (C(OH)–C–C–N with tert-alkyl or cyclic N) is 1. The largest absolute Gasteiger partial charge is 0.392 e. The van der Waals surface area contributed by atoms with Crippen molar-refractivity contribution in [2.75, 3.05) is 42.9 Å². The SMILES string of the molecule is Cc1cc(N2CCCC2)ccc1NC(=O)CN1CCC(C)C(O)C1. The predicted octanol–water partition coefficient (Wildman–Crippen LogP) is 2.24. The van der Waals surface area contributed by atoms with Crippen LogP contribution < -0.4 is 10.2 Å². The minimum atomic E-state index is -0.326. The molecule has 2 heterocycles. The summed E-state index contributed by atoms with van der Waals surface area (Å²) in [6, 6.07) is 6.27. The Morgan fingerprint density at radius 3 is 2.71 bits per heavy atom. The zero-order valence-corrected chi connectivity index (χ0v) is 14.8. The van der Waals surface area contributed by atoms with E-state index in [0.29, 0.717) is 19.0 Å². The van der Waals surface area contributed by atoms with Crippen LogP contribution in [0.5, 0.6) is 0 Å². The molecule has 2 unspecified atom stereocenters. The highest BCUT2D eigenvalue weighted by molar-refractivity contribution is 5.93. The van der Waals surface area contributed by atoms with E-state index in [1.807, 2.05) is 17.9 Å². The lowest BCUT2D eigenvalue weighted by molar-refractivity contribution is -0.118. The molecule has 0 aromatic heterocycles. The molecule has 1 aromatic carbocycles. The molecule has 0 radical (unpaired) electrons. The van der Waals surface area contributed by atoms with Crippen molar-refractivity contribution in [3.05, 3.63) is 23.8 Å². The van der Waals surface area contributed by atoms with Crippen LogP contribution in [0, 0.1) is 12.8 Å². The third-order valence-electron chi connectivity index (χ3n) is 5.33. The van der Waals surface area contributed by atoms with Crippen molar-refractivity contribution < 1.29 is 9.90 Å². The first-order chi connectivity index (χ1) is 11.5. The third kappa shape index (κ3) is 4.08. The minimum Gasteiger partial charge on any atom is -0.392 e. The number of aryl methyl sites for hydroxylation is 1. The molecule has 132 valence electrons. The summed E-state index contributed by atoms with van der Waals surface area (Å²) in [7, 11) is 0. The molecule has 1 amide bonds. The number of anilines is 2. The highest BCUT2D eigenvalue weighted by Crippen LogP contribution is 2.25. The fourth-order valence-electron chi connectivity index (χ4n) is 3.61. The second-order valence-electron chi connectivity index (χ2n) is 7.31. The van der Waals surface area contributed by atoms with Crippen LogP contribution in [-0.2, 0) is 4.79 Å². The smallest absolute Gasteiger partial charge is 0.238 e. The maximum absolute atomic E-state index is 12.3. The maximum atomic E-state index is 12.3. The molecule has 0 bridgehead atoms. The monoisotopic (exact) mass is 331 g/mol. The Morgan fingerprint density at radius 1 is 1.29 bits per heavy atom. The van der Waals surface area contributed by atoms with Gasteiger partial charge in [-0.05, 0) is 62.4 Å². The summed E-state index contributed by atoms with van der Waals surface area (Å²) in [4.78, 5) is 16.8. The fourth-order valence-corrected chi connectivity index (χ4v) is 3.61. The number of rotatable bonds is 4. The highest BCUT2D eigenvalue weighted by Gasteiger charge is 2.25. The van der Waals surface area contributed by atoms with Gasteiger partial charge in [-0.2, -0.15) is 0 Å². The quantitative estimate of drug-likeness (QED) is 0.888. The molecule has 2 atom stereocenters. The van der Waals surface area contributed by atoms with Crippen LogP contribution in [0.4, 0.5) is 11.4 Å². The molecule has 2 fully saturated rings. The van der Waals surface area contributed by atoms with Crippen molar-refractivity contribution in [2.24, 2.45) is 5.92 Å². The lowest BCUT2D eigenvalue weighted by Gasteiger charge is -2.33. The van der Waals surface area contributed by atoms with Gasteiger partial charge in [0.05, 0.1) is 12.6 Å². The van der Waals surface area contributed by atoms with E-state index in [1.54, 1.807) is 0 Å². The standard InChI is InChI=1S/C19H29N3O2/c1-14-7-10-21(12-18(14)23)13-19(24)20-17-6-5-16(11-15(17)2)22-8-3-4-9-22/h5-6,11,14,18,23H,3-4,7-10,12-13H2,1-2H3,(H,20,24). The van der Waals surface area contributed by atoms with Gasteiger partial charge in [0.15, 0.2) is 0 Å². The van der Waals surface area contributed by atoms with Gasteiger partial charge in [-0.15, -0.1) is 0 Å². The van der Waals surface area contributed by atoms with Gasteiger partial charge in [-0.1, -0.05) is 6.92 Å². The topological polar surface area (TPSA) is 55.8 Å². The van der Waals surface area contributed by atoms with Crippen LogP contribution in [0.15, 0.2) is 18.2 Å². The van der Waals surface area contributed by atoms with E-state index in [1.165, 1.54) is 18.5 Å². The number of likely N-dealkylation sites (tertiary alicyclic amines) is 1. The van der Waals surface area contributed by atoms with E-state index in [0.717, 1.165) is 37.3 Å². The average Bonchev–Trinajstić information content (AvgIpc) is 3.07. The van der Waals surface area contributed by atoms with E-state index in [4.69, 9.17) is 0 Å². The summed E-state index contributed by atoms with van der Waals surface area (Å²) in [5.41, 5.74) is 3.23. The van der Waals surface area contributed by atoms with Gasteiger partial charge >= 0.3 is 0 Å². The summed E-state index contributed by atoms with van der Waals surface area (Å²) in [6.07, 6.45) is 3.14. The first kappa shape index (κ1) is 17.2. The maximum Gasteiger partial charge on any atom is 0.238 e. The van der Waals surface area contributed by atoms with E-state index in [-0.39, 0.29) is 12.0 Å². The molecule has 5 heteroatoms. The van der Waals surface area contributed by atoms with Gasteiger partial charge in [-0.25, -0.2) is 0 Å². The number of hydrogen-bond donors (Lipinski definition) is 2. The van der Waals surface area contributed by atoms with Crippen LogP contribution in [-0.4, -0.2) is 54.7 Å². The second kappa shape index (κ2) is 7.53. The van der Waals surface area contributed by atoms with Gasteiger partial charge in [0, 0.05) is 31.0 Å². The Bertz CT molecular complexity index is 584. The highest BCUT2D eigenvalue weighted by atomic mass is 16.3. The van der Waals surface area contributed by atoms with Gasteiger partial charge in [0.1, 0.15) is 0 Å². The van der Waals surface area contributed by atoms with Crippen LogP contribution in [0.25, 0.3) is 0 Å². The van der Waals surface area contributed by atoms with Crippen molar-refractivity contribution >= 4 is 17.3 Å². The van der Waals surface area contributed by atoms with Gasteiger partial charge in [0.2, 0.25) is 5.91 Å². The molecule has 2 N–H and O–H groups in total. The average molecular weight is 331 g/mol. The van der Waals surface area contributed by atoms with Gasteiger partial charge in [0.25, 0.3) is 0 Å². The Morgan fingerprint density at radius 2 is 2.04 bits per heavy atom. The number of nitrogens with one attached hydrogen (secondary N) is 1. The number of amides is 1. The number of carbonyl (C=O) groups excluding carboxylic acids is 1.